The first kappa shape index (κ1) is 17.5. The predicted molar refractivity (Wildman–Crippen MR) is 76.3 cm³/mol. The van der Waals surface area contributed by atoms with Crippen molar-refractivity contribution < 1.29 is 31.9 Å². The van der Waals surface area contributed by atoms with E-state index in [9.17, 15) is 27.2 Å². The van der Waals surface area contributed by atoms with Gasteiger partial charge in [-0.05, 0) is 23.8 Å². The van der Waals surface area contributed by atoms with Crippen LogP contribution in [0.5, 0.6) is 0 Å². The van der Waals surface area contributed by atoms with E-state index in [0.29, 0.717) is 17.7 Å². The fourth-order valence-corrected chi connectivity index (χ4v) is 1.79. The molecule has 126 valence electrons. The van der Waals surface area contributed by atoms with Gasteiger partial charge in [0, 0.05) is 5.69 Å². The number of carbonyl (C=O) groups is 2. The summed E-state index contributed by atoms with van der Waals surface area (Å²) in [6, 6.07) is 10.3. The van der Waals surface area contributed by atoms with Crippen molar-refractivity contribution >= 4 is 17.6 Å². The maximum atomic E-state index is 13.4. The molecule has 0 saturated heterocycles. The third-order valence-electron chi connectivity index (χ3n) is 2.93. The van der Waals surface area contributed by atoms with Gasteiger partial charge in [0.15, 0.2) is 0 Å². The van der Waals surface area contributed by atoms with Crippen LogP contribution in [0.4, 0.5) is 23.2 Å². The highest BCUT2D eigenvalue weighted by atomic mass is 19.4. The van der Waals surface area contributed by atoms with Crippen molar-refractivity contribution in [1.29, 1.82) is 0 Å². The minimum Gasteiger partial charge on any atom is -0.454 e. The number of ether oxygens (including phenoxy) is 1. The average molecular weight is 341 g/mol. The standard InChI is InChI=1S/C16H11F4NO3/c17-13-8-11(6-7-12(13)16(18,19)20)21-14(22)15(23)24-9-10-4-2-1-3-5-10/h1-8H,9H2,(H,21,22). The summed E-state index contributed by atoms with van der Waals surface area (Å²) in [5.41, 5.74) is -1.10. The molecule has 0 atom stereocenters. The number of alkyl halides is 3. The Morgan fingerprint density at radius 2 is 1.71 bits per heavy atom. The van der Waals surface area contributed by atoms with Gasteiger partial charge in [0.25, 0.3) is 0 Å². The van der Waals surface area contributed by atoms with Gasteiger partial charge in [0.1, 0.15) is 12.4 Å². The maximum Gasteiger partial charge on any atom is 0.419 e. The van der Waals surface area contributed by atoms with Crippen LogP contribution in [0.25, 0.3) is 0 Å². The second kappa shape index (κ2) is 7.12. The molecule has 0 heterocycles. The molecule has 2 aromatic rings. The molecule has 0 aliphatic heterocycles. The molecule has 0 aliphatic rings. The third kappa shape index (κ3) is 4.55. The Labute approximate surface area is 134 Å². The van der Waals surface area contributed by atoms with Crippen LogP contribution in [0.3, 0.4) is 0 Å². The molecule has 0 aromatic heterocycles. The summed E-state index contributed by atoms with van der Waals surface area (Å²) in [5.74, 6) is -4.01. The quantitative estimate of drug-likeness (QED) is 0.528. The predicted octanol–water partition coefficient (Wildman–Crippen LogP) is 3.53. The van der Waals surface area contributed by atoms with E-state index in [2.05, 4.69) is 0 Å². The van der Waals surface area contributed by atoms with Crippen LogP contribution in [0.1, 0.15) is 11.1 Å². The van der Waals surface area contributed by atoms with Crippen molar-refractivity contribution in [1.82, 2.24) is 0 Å². The van der Waals surface area contributed by atoms with Gasteiger partial charge in [-0.3, -0.25) is 4.79 Å². The van der Waals surface area contributed by atoms with E-state index in [1.807, 2.05) is 5.32 Å². The second-order valence-corrected chi connectivity index (χ2v) is 4.71. The van der Waals surface area contributed by atoms with Crippen molar-refractivity contribution in [3.63, 3.8) is 0 Å². The molecular weight excluding hydrogens is 330 g/mol. The van der Waals surface area contributed by atoms with Gasteiger partial charge >= 0.3 is 18.1 Å². The van der Waals surface area contributed by atoms with Gasteiger partial charge in [0.05, 0.1) is 5.56 Å². The number of amides is 1. The second-order valence-electron chi connectivity index (χ2n) is 4.71. The Morgan fingerprint density at radius 1 is 1.04 bits per heavy atom. The zero-order chi connectivity index (χ0) is 17.7. The lowest BCUT2D eigenvalue weighted by atomic mass is 10.2. The number of hydrogen-bond donors (Lipinski definition) is 1. The molecule has 8 heteroatoms. The molecule has 0 aliphatic carbocycles. The van der Waals surface area contributed by atoms with Gasteiger partial charge in [0.2, 0.25) is 0 Å². The van der Waals surface area contributed by atoms with Crippen molar-refractivity contribution in [3.05, 3.63) is 65.5 Å². The Bertz CT molecular complexity index is 745. The van der Waals surface area contributed by atoms with E-state index in [1.165, 1.54) is 0 Å². The highest BCUT2D eigenvalue weighted by Crippen LogP contribution is 2.32. The highest BCUT2D eigenvalue weighted by Gasteiger charge is 2.34. The van der Waals surface area contributed by atoms with E-state index in [4.69, 9.17) is 4.74 Å². The number of rotatable bonds is 3. The first-order chi connectivity index (χ1) is 11.3. The van der Waals surface area contributed by atoms with E-state index in [-0.39, 0.29) is 12.3 Å². The molecule has 0 unspecified atom stereocenters. The molecule has 2 aromatic carbocycles. The summed E-state index contributed by atoms with van der Waals surface area (Å²) in [4.78, 5) is 23.1. The van der Waals surface area contributed by atoms with E-state index >= 15 is 0 Å². The zero-order valence-electron chi connectivity index (χ0n) is 12.1. The lowest BCUT2D eigenvalue weighted by Crippen LogP contribution is -2.25. The van der Waals surface area contributed by atoms with Crippen LogP contribution in [0, 0.1) is 5.82 Å². The smallest absolute Gasteiger partial charge is 0.419 e. The molecule has 2 rings (SSSR count). The number of carbonyl (C=O) groups excluding carboxylic acids is 2. The number of esters is 1. The summed E-state index contributed by atoms with van der Waals surface area (Å²) >= 11 is 0. The van der Waals surface area contributed by atoms with Crippen LogP contribution in [-0.4, -0.2) is 11.9 Å². The maximum absolute atomic E-state index is 13.4. The van der Waals surface area contributed by atoms with Gasteiger partial charge in [-0.15, -0.1) is 0 Å². The van der Waals surface area contributed by atoms with Gasteiger partial charge in [-0.1, -0.05) is 30.3 Å². The first-order valence-corrected chi connectivity index (χ1v) is 6.66. The molecule has 0 bridgehead atoms. The van der Waals surface area contributed by atoms with Crippen molar-refractivity contribution in [2.45, 2.75) is 12.8 Å². The topological polar surface area (TPSA) is 55.4 Å². The van der Waals surface area contributed by atoms with Crippen LogP contribution in [0.15, 0.2) is 48.5 Å². The third-order valence-corrected chi connectivity index (χ3v) is 2.93. The zero-order valence-corrected chi connectivity index (χ0v) is 12.1. The number of hydrogen-bond acceptors (Lipinski definition) is 3. The van der Waals surface area contributed by atoms with Crippen molar-refractivity contribution in [2.24, 2.45) is 0 Å². The molecule has 1 amide bonds. The van der Waals surface area contributed by atoms with Crippen LogP contribution < -0.4 is 5.32 Å². The number of halogens is 4. The van der Waals surface area contributed by atoms with Crippen molar-refractivity contribution in [2.75, 3.05) is 5.32 Å². The molecule has 4 nitrogen and oxygen atoms in total. The SMILES string of the molecule is O=C(Nc1ccc(C(F)(F)F)c(F)c1)C(=O)OCc1ccccc1. The minimum absolute atomic E-state index is 0.144. The summed E-state index contributed by atoms with van der Waals surface area (Å²) in [6.45, 7) is -0.144. The monoisotopic (exact) mass is 341 g/mol. The Hall–Kier alpha value is -2.90. The fourth-order valence-electron chi connectivity index (χ4n) is 1.79. The fraction of sp³-hybridized carbons (Fsp3) is 0.125. The largest absolute Gasteiger partial charge is 0.454 e. The Kier molecular flexibility index (Phi) is 5.18. The molecule has 1 N–H and O–H groups in total. The van der Waals surface area contributed by atoms with E-state index in [1.54, 1.807) is 30.3 Å². The number of nitrogens with one attached hydrogen (secondary N) is 1. The molecular formula is C16H11F4NO3. The lowest BCUT2D eigenvalue weighted by Gasteiger charge is -2.10. The van der Waals surface area contributed by atoms with Crippen LogP contribution in [0.2, 0.25) is 0 Å². The van der Waals surface area contributed by atoms with E-state index < -0.39 is 29.4 Å². The van der Waals surface area contributed by atoms with Gasteiger partial charge < -0.3 is 10.1 Å². The number of benzene rings is 2. The minimum atomic E-state index is -4.85. The summed E-state index contributed by atoms with van der Waals surface area (Å²) < 4.78 is 55.4. The average Bonchev–Trinajstić information content (AvgIpc) is 2.52. The lowest BCUT2D eigenvalue weighted by molar-refractivity contribution is -0.153. The van der Waals surface area contributed by atoms with Crippen molar-refractivity contribution in [3.8, 4) is 0 Å². The molecule has 0 radical (unpaired) electrons. The molecule has 0 saturated carbocycles. The normalized spacial score (nSPS) is 11.0. The van der Waals surface area contributed by atoms with Crippen LogP contribution in [-0.2, 0) is 27.1 Å². The van der Waals surface area contributed by atoms with Gasteiger partial charge in [-0.25, -0.2) is 9.18 Å². The summed E-state index contributed by atoms with van der Waals surface area (Å²) in [5, 5.41) is 1.98. The van der Waals surface area contributed by atoms with E-state index in [0.717, 1.165) is 6.07 Å². The Balaban J connectivity index is 1.96. The highest BCUT2D eigenvalue weighted by molar-refractivity contribution is 6.37. The molecule has 24 heavy (non-hydrogen) atoms. The Morgan fingerprint density at radius 3 is 2.29 bits per heavy atom. The molecule has 0 spiro atoms. The molecule has 0 fully saturated rings. The van der Waals surface area contributed by atoms with Gasteiger partial charge in [-0.2, -0.15) is 13.2 Å². The summed E-state index contributed by atoms with van der Waals surface area (Å²) in [6.07, 6.45) is -4.85. The summed E-state index contributed by atoms with van der Waals surface area (Å²) in [7, 11) is 0. The first-order valence-electron chi connectivity index (χ1n) is 6.66. The van der Waals surface area contributed by atoms with Crippen LogP contribution >= 0.6 is 0 Å². The number of anilines is 1.